The molecule has 13 heavy (non-hydrogen) atoms. The van der Waals surface area contributed by atoms with E-state index in [9.17, 15) is 0 Å². The van der Waals surface area contributed by atoms with E-state index >= 15 is 0 Å². The molecule has 2 heteroatoms. The van der Waals surface area contributed by atoms with Crippen LogP contribution in [0, 0.1) is 5.92 Å². The first-order valence-corrected chi connectivity index (χ1v) is 5.11. The lowest BCUT2D eigenvalue weighted by Crippen LogP contribution is -2.22. The van der Waals surface area contributed by atoms with Gasteiger partial charge in [0.15, 0.2) is 0 Å². The monoisotopic (exact) mass is 174 g/mol. The van der Waals surface area contributed by atoms with Crippen LogP contribution in [0.4, 0.5) is 5.69 Å². The smallest absolute Gasteiger partial charge is 0.0430 e. The summed E-state index contributed by atoms with van der Waals surface area (Å²) in [7, 11) is 0. The lowest BCUT2D eigenvalue weighted by molar-refractivity contribution is 0.747. The minimum atomic E-state index is 0.985. The lowest BCUT2D eigenvalue weighted by Gasteiger charge is -2.18. The Morgan fingerprint density at radius 1 is 1.46 bits per heavy atom. The van der Waals surface area contributed by atoms with Crippen molar-refractivity contribution in [1.82, 2.24) is 4.98 Å². The average molecular weight is 174 g/mol. The van der Waals surface area contributed by atoms with E-state index < -0.39 is 0 Å². The van der Waals surface area contributed by atoms with E-state index in [-0.39, 0.29) is 0 Å². The summed E-state index contributed by atoms with van der Waals surface area (Å²) in [6.07, 6.45) is 8.00. The summed E-state index contributed by atoms with van der Waals surface area (Å²) in [6, 6.07) is 2.16. The van der Waals surface area contributed by atoms with Gasteiger partial charge in [0.2, 0.25) is 0 Å². The summed E-state index contributed by atoms with van der Waals surface area (Å²) in [4.78, 5) is 6.68. The fourth-order valence-corrected chi connectivity index (χ4v) is 2.10. The summed E-state index contributed by atoms with van der Waals surface area (Å²) < 4.78 is 0. The summed E-state index contributed by atoms with van der Waals surface area (Å²) in [5.41, 5.74) is 2.87. The van der Waals surface area contributed by atoms with Crippen LogP contribution in [-0.2, 0) is 6.42 Å². The van der Waals surface area contributed by atoms with Crippen LogP contribution in [0.1, 0.15) is 18.4 Å². The highest BCUT2D eigenvalue weighted by molar-refractivity contribution is 5.56. The lowest BCUT2D eigenvalue weighted by atomic mass is 10.2. The average Bonchev–Trinajstić information content (AvgIpc) is 2.88. The topological polar surface area (TPSA) is 16.1 Å². The molecule has 1 fully saturated rings. The molecule has 2 aliphatic rings. The zero-order chi connectivity index (χ0) is 8.67. The van der Waals surface area contributed by atoms with Gasteiger partial charge in [0.1, 0.15) is 0 Å². The third-order valence-electron chi connectivity index (χ3n) is 3.05. The van der Waals surface area contributed by atoms with Gasteiger partial charge in [-0.15, -0.1) is 0 Å². The highest BCUT2D eigenvalue weighted by Gasteiger charge is 2.27. The molecule has 0 atom stereocenters. The van der Waals surface area contributed by atoms with E-state index in [0.717, 1.165) is 5.92 Å². The summed E-state index contributed by atoms with van der Waals surface area (Å²) in [5.74, 6) is 0.985. The Hall–Kier alpha value is -1.05. The van der Waals surface area contributed by atoms with Crippen molar-refractivity contribution in [3.63, 3.8) is 0 Å². The molecular weight excluding hydrogens is 160 g/mol. The fraction of sp³-hybridized carbons (Fsp3) is 0.545. The standard InChI is InChI=1S/C11H14N2/c1-2-9(1)8-13-6-4-10-7-12-5-3-11(10)13/h3,5,7,9H,1-2,4,6,8H2. The van der Waals surface area contributed by atoms with Gasteiger partial charge >= 0.3 is 0 Å². The zero-order valence-electron chi connectivity index (χ0n) is 7.74. The third kappa shape index (κ3) is 1.30. The highest BCUT2D eigenvalue weighted by Crippen LogP contribution is 2.34. The van der Waals surface area contributed by atoms with Crippen LogP contribution in [-0.4, -0.2) is 18.1 Å². The van der Waals surface area contributed by atoms with Crippen LogP contribution in [0.15, 0.2) is 18.5 Å². The normalized spacial score (nSPS) is 20.5. The van der Waals surface area contributed by atoms with Crippen molar-refractivity contribution in [3.8, 4) is 0 Å². The van der Waals surface area contributed by atoms with Crippen LogP contribution < -0.4 is 4.90 Å². The molecule has 1 aliphatic heterocycles. The second-order valence-corrected chi connectivity index (χ2v) is 4.14. The van der Waals surface area contributed by atoms with Gasteiger partial charge in [-0.25, -0.2) is 0 Å². The first kappa shape index (κ1) is 7.36. The molecule has 2 heterocycles. The van der Waals surface area contributed by atoms with Crippen molar-refractivity contribution < 1.29 is 0 Å². The Bertz CT molecular complexity index is 318. The molecule has 3 rings (SSSR count). The maximum absolute atomic E-state index is 4.16. The minimum Gasteiger partial charge on any atom is -0.371 e. The van der Waals surface area contributed by atoms with Gasteiger partial charge in [-0.05, 0) is 36.8 Å². The Morgan fingerprint density at radius 2 is 2.38 bits per heavy atom. The van der Waals surface area contributed by atoms with Crippen LogP contribution in [0.3, 0.4) is 0 Å². The second-order valence-electron chi connectivity index (χ2n) is 4.14. The summed E-state index contributed by atoms with van der Waals surface area (Å²) in [5, 5.41) is 0. The molecule has 0 saturated heterocycles. The molecule has 0 unspecified atom stereocenters. The Kier molecular flexibility index (Phi) is 1.54. The first-order chi connectivity index (χ1) is 6.43. The molecule has 68 valence electrons. The van der Waals surface area contributed by atoms with Crippen molar-refractivity contribution in [2.45, 2.75) is 19.3 Å². The Morgan fingerprint density at radius 3 is 3.23 bits per heavy atom. The number of hydrogen-bond donors (Lipinski definition) is 0. The van der Waals surface area contributed by atoms with Crippen LogP contribution in [0.2, 0.25) is 0 Å². The van der Waals surface area contributed by atoms with Crippen molar-refractivity contribution in [3.05, 3.63) is 24.0 Å². The molecule has 2 nitrogen and oxygen atoms in total. The number of hydrogen-bond acceptors (Lipinski definition) is 2. The Labute approximate surface area is 78.6 Å². The van der Waals surface area contributed by atoms with Crippen LogP contribution in [0.25, 0.3) is 0 Å². The van der Waals surface area contributed by atoms with Gasteiger partial charge < -0.3 is 4.90 Å². The first-order valence-electron chi connectivity index (χ1n) is 5.11. The molecule has 0 radical (unpaired) electrons. The molecular formula is C11H14N2. The third-order valence-corrected chi connectivity index (χ3v) is 3.05. The number of pyridine rings is 1. The predicted octanol–water partition coefficient (Wildman–Crippen LogP) is 1.85. The van der Waals surface area contributed by atoms with E-state index in [0.29, 0.717) is 0 Å². The minimum absolute atomic E-state index is 0.985. The molecule has 0 aromatic carbocycles. The molecule has 0 N–H and O–H groups in total. The van der Waals surface area contributed by atoms with Gasteiger partial charge in [0, 0.05) is 31.2 Å². The Balaban J connectivity index is 1.84. The molecule has 1 aromatic heterocycles. The van der Waals surface area contributed by atoms with Gasteiger partial charge in [-0.1, -0.05) is 0 Å². The maximum atomic E-state index is 4.16. The quantitative estimate of drug-likeness (QED) is 0.680. The van der Waals surface area contributed by atoms with Crippen LogP contribution >= 0.6 is 0 Å². The number of anilines is 1. The SMILES string of the molecule is c1cc2c(cn1)CCN2CC1CC1. The largest absolute Gasteiger partial charge is 0.371 e. The molecule has 0 bridgehead atoms. The van der Waals surface area contributed by atoms with Gasteiger partial charge in [-0.3, -0.25) is 4.98 Å². The van der Waals surface area contributed by atoms with E-state index in [1.165, 1.54) is 43.6 Å². The van der Waals surface area contributed by atoms with Crippen molar-refractivity contribution in [2.75, 3.05) is 18.0 Å². The van der Waals surface area contributed by atoms with E-state index in [1.807, 2.05) is 12.4 Å². The van der Waals surface area contributed by atoms with Gasteiger partial charge in [0.05, 0.1) is 0 Å². The van der Waals surface area contributed by atoms with Gasteiger partial charge in [0.25, 0.3) is 0 Å². The van der Waals surface area contributed by atoms with Gasteiger partial charge in [-0.2, -0.15) is 0 Å². The van der Waals surface area contributed by atoms with Crippen molar-refractivity contribution >= 4 is 5.69 Å². The molecule has 1 saturated carbocycles. The maximum Gasteiger partial charge on any atom is 0.0430 e. The summed E-state index contributed by atoms with van der Waals surface area (Å²) >= 11 is 0. The number of nitrogens with zero attached hydrogens (tertiary/aromatic N) is 2. The number of fused-ring (bicyclic) bond motifs is 1. The second kappa shape index (κ2) is 2.72. The molecule has 1 aliphatic carbocycles. The van der Waals surface area contributed by atoms with E-state index in [2.05, 4.69) is 16.0 Å². The van der Waals surface area contributed by atoms with Crippen molar-refractivity contribution in [2.24, 2.45) is 5.92 Å². The predicted molar refractivity (Wildman–Crippen MR) is 52.9 cm³/mol. The zero-order valence-corrected chi connectivity index (χ0v) is 7.74. The molecule has 0 amide bonds. The van der Waals surface area contributed by atoms with E-state index in [1.54, 1.807) is 0 Å². The fourth-order valence-electron chi connectivity index (χ4n) is 2.10. The summed E-state index contributed by atoms with van der Waals surface area (Å²) in [6.45, 7) is 2.48. The highest BCUT2D eigenvalue weighted by atomic mass is 15.2. The number of aromatic nitrogens is 1. The van der Waals surface area contributed by atoms with Crippen molar-refractivity contribution in [1.29, 1.82) is 0 Å². The van der Waals surface area contributed by atoms with E-state index in [4.69, 9.17) is 0 Å². The number of rotatable bonds is 2. The molecule has 1 aromatic rings. The van der Waals surface area contributed by atoms with Crippen LogP contribution in [0.5, 0.6) is 0 Å². The molecule has 0 spiro atoms.